The van der Waals surface area contributed by atoms with Crippen molar-refractivity contribution in [2.45, 2.75) is 19.5 Å². The van der Waals surface area contributed by atoms with E-state index in [1.807, 2.05) is 25.1 Å². The molecule has 0 aliphatic rings. The summed E-state index contributed by atoms with van der Waals surface area (Å²) in [5, 5.41) is 8.80. The number of pyridine rings is 1. The van der Waals surface area contributed by atoms with E-state index in [9.17, 15) is 18.0 Å². The summed E-state index contributed by atoms with van der Waals surface area (Å²) in [6.07, 6.45) is -3.02. The van der Waals surface area contributed by atoms with Crippen molar-refractivity contribution < 1.29 is 22.7 Å². The Hall–Kier alpha value is -2.57. The first-order valence-corrected chi connectivity index (χ1v) is 9.82. The number of amides is 1. The van der Waals surface area contributed by atoms with E-state index in [0.717, 1.165) is 17.8 Å². The summed E-state index contributed by atoms with van der Waals surface area (Å²) in [6, 6.07) is 9.48. The van der Waals surface area contributed by atoms with Crippen LogP contribution in [-0.4, -0.2) is 50.1 Å². The fourth-order valence-corrected chi connectivity index (χ4v) is 2.61. The van der Waals surface area contributed by atoms with Crippen LogP contribution in [0.4, 0.5) is 13.2 Å². The smallest absolute Gasteiger partial charge is 0.417 e. The Morgan fingerprint density at radius 1 is 1.19 bits per heavy atom. The molecule has 1 amide bonds. The molecular weight excluding hydrogens is 538 g/mol. The van der Waals surface area contributed by atoms with Crippen molar-refractivity contribution in [3.8, 4) is 5.88 Å². The predicted molar refractivity (Wildman–Crippen MR) is 128 cm³/mol. The highest BCUT2D eigenvalue weighted by molar-refractivity contribution is 14.0. The third kappa shape index (κ3) is 9.28. The van der Waals surface area contributed by atoms with Crippen molar-refractivity contribution in [3.05, 3.63) is 59.3 Å². The van der Waals surface area contributed by atoms with Crippen molar-refractivity contribution in [3.63, 3.8) is 0 Å². The van der Waals surface area contributed by atoms with E-state index in [1.54, 1.807) is 13.1 Å². The number of carbonyl (C=O) groups excluding carboxylic acids is 1. The molecule has 0 fully saturated rings. The molecule has 0 bridgehead atoms. The molecule has 2 rings (SSSR count). The van der Waals surface area contributed by atoms with Crippen LogP contribution in [0.25, 0.3) is 0 Å². The summed E-state index contributed by atoms with van der Waals surface area (Å²) in [5.41, 5.74) is 0.779. The first-order chi connectivity index (χ1) is 14.8. The van der Waals surface area contributed by atoms with Gasteiger partial charge < -0.3 is 20.7 Å². The van der Waals surface area contributed by atoms with E-state index < -0.39 is 11.7 Å². The number of carbonyl (C=O) groups is 1. The summed E-state index contributed by atoms with van der Waals surface area (Å²) < 4.78 is 43.0. The minimum absolute atomic E-state index is 0. The van der Waals surface area contributed by atoms with Crippen LogP contribution < -0.4 is 20.7 Å². The standard InChI is InChI=1S/C21H26F3N5O2.HI/c1-3-26-20(27-10-9-15-5-4-6-16(13-15)19(30)25-2)28-11-12-31-18-8-7-17(14-29-18)21(22,23)24;/h4-8,13-14H,3,9-12H2,1-2H3,(H,25,30)(H2,26,27,28);1H. The number of aliphatic imine (C=N–C) groups is 1. The lowest BCUT2D eigenvalue weighted by molar-refractivity contribution is -0.137. The van der Waals surface area contributed by atoms with E-state index in [0.29, 0.717) is 37.6 Å². The van der Waals surface area contributed by atoms with Gasteiger partial charge in [-0.15, -0.1) is 24.0 Å². The third-order valence-corrected chi connectivity index (χ3v) is 4.14. The number of guanidine groups is 1. The molecule has 0 unspecified atom stereocenters. The third-order valence-electron chi connectivity index (χ3n) is 4.14. The van der Waals surface area contributed by atoms with Gasteiger partial charge in [-0.25, -0.2) is 4.98 Å². The van der Waals surface area contributed by atoms with Gasteiger partial charge in [0.2, 0.25) is 5.88 Å². The predicted octanol–water partition coefficient (Wildman–Crippen LogP) is 3.25. The summed E-state index contributed by atoms with van der Waals surface area (Å²) in [4.78, 5) is 19.9. The Morgan fingerprint density at radius 2 is 1.97 bits per heavy atom. The maximum atomic E-state index is 12.5. The highest BCUT2D eigenvalue weighted by atomic mass is 127. The second kappa shape index (κ2) is 13.8. The molecule has 2 aromatic rings. The highest BCUT2D eigenvalue weighted by Gasteiger charge is 2.30. The normalized spacial score (nSPS) is 11.3. The molecule has 0 aliphatic carbocycles. The van der Waals surface area contributed by atoms with Gasteiger partial charge in [-0.3, -0.25) is 9.79 Å². The van der Waals surface area contributed by atoms with Crippen molar-refractivity contribution in [2.75, 3.05) is 33.3 Å². The molecule has 176 valence electrons. The zero-order valence-electron chi connectivity index (χ0n) is 17.8. The van der Waals surface area contributed by atoms with Crippen molar-refractivity contribution in [2.24, 2.45) is 4.99 Å². The van der Waals surface area contributed by atoms with E-state index in [4.69, 9.17) is 4.74 Å². The summed E-state index contributed by atoms with van der Waals surface area (Å²) in [7, 11) is 1.59. The second-order valence-corrected chi connectivity index (χ2v) is 6.45. The molecule has 11 heteroatoms. The zero-order valence-corrected chi connectivity index (χ0v) is 20.2. The van der Waals surface area contributed by atoms with Gasteiger partial charge >= 0.3 is 6.18 Å². The summed E-state index contributed by atoms with van der Waals surface area (Å²) in [5.74, 6) is 0.574. The average molecular weight is 565 g/mol. The molecule has 0 radical (unpaired) electrons. The number of ether oxygens (including phenoxy) is 1. The molecule has 32 heavy (non-hydrogen) atoms. The number of rotatable bonds is 9. The van der Waals surface area contributed by atoms with Gasteiger partial charge in [0.05, 0.1) is 12.1 Å². The van der Waals surface area contributed by atoms with Gasteiger partial charge in [0.25, 0.3) is 5.91 Å². The molecular formula is C21H27F3IN5O2. The number of alkyl halides is 3. The Morgan fingerprint density at radius 3 is 2.59 bits per heavy atom. The van der Waals surface area contributed by atoms with Gasteiger partial charge in [0.1, 0.15) is 6.61 Å². The van der Waals surface area contributed by atoms with Gasteiger partial charge in [-0.1, -0.05) is 12.1 Å². The lowest BCUT2D eigenvalue weighted by atomic mass is 10.1. The minimum atomic E-state index is -4.42. The number of nitrogens with zero attached hydrogens (tertiary/aromatic N) is 2. The summed E-state index contributed by atoms with van der Waals surface area (Å²) in [6.45, 7) is 3.71. The fraction of sp³-hybridized carbons (Fsp3) is 0.381. The molecule has 0 aliphatic heterocycles. The Balaban J connectivity index is 0.00000512. The molecule has 1 aromatic heterocycles. The van der Waals surface area contributed by atoms with Crippen molar-refractivity contribution >= 4 is 35.8 Å². The van der Waals surface area contributed by atoms with Crippen molar-refractivity contribution in [1.82, 2.24) is 20.9 Å². The summed E-state index contributed by atoms with van der Waals surface area (Å²) >= 11 is 0. The number of benzene rings is 1. The lowest BCUT2D eigenvalue weighted by Crippen LogP contribution is -2.39. The molecule has 7 nitrogen and oxygen atoms in total. The Labute approximate surface area is 202 Å². The van der Waals surface area contributed by atoms with Gasteiger partial charge in [0.15, 0.2) is 5.96 Å². The average Bonchev–Trinajstić information content (AvgIpc) is 2.76. The van der Waals surface area contributed by atoms with E-state index >= 15 is 0 Å². The minimum Gasteiger partial charge on any atom is -0.476 e. The monoisotopic (exact) mass is 565 g/mol. The second-order valence-electron chi connectivity index (χ2n) is 6.45. The molecule has 0 saturated carbocycles. The van der Waals surface area contributed by atoms with Crippen LogP contribution >= 0.6 is 24.0 Å². The van der Waals surface area contributed by atoms with Gasteiger partial charge in [-0.05, 0) is 37.1 Å². The topological polar surface area (TPSA) is 87.6 Å². The van der Waals surface area contributed by atoms with Crippen LogP contribution in [0.3, 0.4) is 0 Å². The van der Waals surface area contributed by atoms with Crippen LogP contribution in [0.1, 0.15) is 28.4 Å². The van der Waals surface area contributed by atoms with E-state index in [1.165, 1.54) is 6.07 Å². The lowest BCUT2D eigenvalue weighted by Gasteiger charge is -2.12. The fourth-order valence-electron chi connectivity index (χ4n) is 2.61. The molecule has 0 spiro atoms. The maximum absolute atomic E-state index is 12.5. The molecule has 1 aromatic carbocycles. The van der Waals surface area contributed by atoms with E-state index in [2.05, 4.69) is 25.9 Å². The first-order valence-electron chi connectivity index (χ1n) is 9.82. The largest absolute Gasteiger partial charge is 0.476 e. The van der Waals surface area contributed by atoms with Crippen molar-refractivity contribution in [1.29, 1.82) is 0 Å². The molecule has 0 atom stereocenters. The number of hydrogen-bond acceptors (Lipinski definition) is 4. The van der Waals surface area contributed by atoms with Crippen LogP contribution in [-0.2, 0) is 12.6 Å². The SMILES string of the molecule is CCNC(=NCCc1cccc(C(=O)NC)c1)NCCOc1ccc(C(F)(F)F)cn1.I. The maximum Gasteiger partial charge on any atom is 0.417 e. The van der Waals surface area contributed by atoms with Crippen LogP contribution in [0.15, 0.2) is 47.6 Å². The quantitative estimate of drug-likeness (QED) is 0.188. The number of aromatic nitrogens is 1. The van der Waals surface area contributed by atoms with E-state index in [-0.39, 0.29) is 42.4 Å². The molecule has 1 heterocycles. The Kier molecular flexibility index (Phi) is 11.8. The van der Waals surface area contributed by atoms with Crippen LogP contribution in [0, 0.1) is 0 Å². The highest BCUT2D eigenvalue weighted by Crippen LogP contribution is 2.29. The number of hydrogen-bond donors (Lipinski definition) is 3. The zero-order chi connectivity index (χ0) is 22.7. The van der Waals surface area contributed by atoms with Gasteiger partial charge in [-0.2, -0.15) is 13.2 Å². The van der Waals surface area contributed by atoms with Crippen LogP contribution in [0.2, 0.25) is 0 Å². The van der Waals surface area contributed by atoms with Gasteiger partial charge in [0, 0.05) is 38.0 Å². The Bertz CT molecular complexity index is 876. The number of nitrogens with one attached hydrogen (secondary N) is 3. The number of halogens is 4. The van der Waals surface area contributed by atoms with Crippen LogP contribution in [0.5, 0.6) is 5.88 Å². The first kappa shape index (κ1) is 27.5. The molecule has 0 saturated heterocycles. The molecule has 3 N–H and O–H groups in total.